The van der Waals surface area contributed by atoms with Crippen LogP contribution in [0.5, 0.6) is 0 Å². The van der Waals surface area contributed by atoms with Crippen molar-refractivity contribution in [2.24, 2.45) is 0 Å². The van der Waals surface area contributed by atoms with E-state index >= 15 is 0 Å². The molecule has 2 amide bonds. The molecule has 1 rings (SSSR count). The van der Waals surface area contributed by atoms with Gasteiger partial charge in [0.15, 0.2) is 0 Å². The van der Waals surface area contributed by atoms with Crippen molar-refractivity contribution >= 4 is 22.0 Å². The van der Waals surface area contributed by atoms with Crippen LogP contribution in [0.25, 0.3) is 0 Å². The lowest BCUT2D eigenvalue weighted by Gasteiger charge is -2.20. The van der Waals surface area contributed by atoms with Gasteiger partial charge in [-0.3, -0.25) is 10.1 Å². The maximum absolute atomic E-state index is 12.6. The van der Waals surface area contributed by atoms with Crippen molar-refractivity contribution in [3.05, 3.63) is 29.8 Å². The van der Waals surface area contributed by atoms with Crippen LogP contribution in [-0.4, -0.2) is 44.4 Å². The van der Waals surface area contributed by atoms with Crippen LogP contribution >= 0.6 is 0 Å². The summed E-state index contributed by atoms with van der Waals surface area (Å²) in [5, 5.41) is 10.9. The Balaban J connectivity index is 2.98. The molecular formula is C14H17N3O5S. The average Bonchev–Trinajstić information content (AvgIpc) is 2.52. The summed E-state index contributed by atoms with van der Waals surface area (Å²) < 4.78 is 30.6. The summed E-state index contributed by atoms with van der Waals surface area (Å²) in [5.41, 5.74) is -0.0169. The van der Waals surface area contributed by atoms with Crippen LogP contribution in [0.15, 0.2) is 29.2 Å². The number of nitriles is 1. The number of ether oxygens (including phenoxy) is 1. The van der Waals surface area contributed by atoms with Gasteiger partial charge in [-0.1, -0.05) is 19.1 Å². The Kier molecular flexibility index (Phi) is 6.68. The van der Waals surface area contributed by atoms with Crippen LogP contribution < -0.4 is 5.32 Å². The second-order valence-corrected chi connectivity index (χ2v) is 6.21. The fourth-order valence-corrected chi connectivity index (χ4v) is 3.32. The van der Waals surface area contributed by atoms with E-state index in [0.717, 1.165) is 4.31 Å². The van der Waals surface area contributed by atoms with E-state index in [9.17, 15) is 18.0 Å². The molecular weight excluding hydrogens is 322 g/mol. The lowest BCUT2D eigenvalue weighted by atomic mass is 10.2. The molecule has 0 aromatic heterocycles. The highest BCUT2D eigenvalue weighted by Gasteiger charge is 2.28. The molecule has 0 aliphatic heterocycles. The third-order valence-corrected chi connectivity index (χ3v) is 4.79. The van der Waals surface area contributed by atoms with Crippen molar-refractivity contribution in [2.75, 3.05) is 19.7 Å². The molecule has 0 spiro atoms. The fourth-order valence-electron chi connectivity index (χ4n) is 1.77. The summed E-state index contributed by atoms with van der Waals surface area (Å²) in [5.74, 6) is -0.816. The first-order valence-electron chi connectivity index (χ1n) is 6.82. The normalized spacial score (nSPS) is 10.9. The molecule has 1 aromatic rings. The minimum Gasteiger partial charge on any atom is -0.450 e. The Hall–Kier alpha value is -2.44. The van der Waals surface area contributed by atoms with Crippen molar-refractivity contribution in [3.63, 3.8) is 0 Å². The lowest BCUT2D eigenvalue weighted by molar-refractivity contribution is -0.120. The van der Waals surface area contributed by atoms with Gasteiger partial charge in [-0.15, -0.1) is 0 Å². The van der Waals surface area contributed by atoms with Gasteiger partial charge in [0.05, 0.1) is 23.6 Å². The number of carbonyl (C=O) groups excluding carboxylic acids is 2. The van der Waals surface area contributed by atoms with Gasteiger partial charge in [-0.2, -0.15) is 9.57 Å². The Bertz CT molecular complexity index is 724. The zero-order valence-electron chi connectivity index (χ0n) is 12.8. The molecule has 0 aliphatic carbocycles. The van der Waals surface area contributed by atoms with Gasteiger partial charge in [0.25, 0.3) is 0 Å². The number of nitrogens with one attached hydrogen (secondary N) is 1. The molecule has 0 radical (unpaired) electrons. The van der Waals surface area contributed by atoms with E-state index in [0.29, 0.717) is 0 Å². The molecule has 0 fully saturated rings. The van der Waals surface area contributed by atoms with Gasteiger partial charge in [0, 0.05) is 6.54 Å². The number of benzene rings is 1. The molecule has 0 aliphatic rings. The summed E-state index contributed by atoms with van der Waals surface area (Å²) in [4.78, 5) is 22.7. The van der Waals surface area contributed by atoms with Gasteiger partial charge in [-0.25, -0.2) is 13.2 Å². The monoisotopic (exact) mass is 339 g/mol. The molecule has 1 aromatic carbocycles. The number of likely N-dealkylation sites (N-methyl/N-ethyl adjacent to an activating group) is 1. The number of hydrogen-bond acceptors (Lipinski definition) is 6. The standard InChI is InChI=1S/C14H17N3O5S/c1-3-17(10-13(18)16-14(19)22-4-2)23(20,21)12-8-6-5-7-11(12)9-15/h5-8H,3-4,10H2,1-2H3,(H,16,18,19). The Morgan fingerprint density at radius 3 is 2.52 bits per heavy atom. The van der Waals surface area contributed by atoms with Crippen LogP contribution in [0.4, 0.5) is 4.79 Å². The molecule has 23 heavy (non-hydrogen) atoms. The number of amides is 2. The molecule has 0 bridgehead atoms. The predicted molar refractivity (Wildman–Crippen MR) is 80.8 cm³/mol. The topological polar surface area (TPSA) is 117 Å². The summed E-state index contributed by atoms with van der Waals surface area (Å²) in [6.45, 7) is 2.65. The highest BCUT2D eigenvalue weighted by Crippen LogP contribution is 2.19. The maximum Gasteiger partial charge on any atom is 0.413 e. The first kappa shape index (κ1) is 18.6. The molecule has 124 valence electrons. The Morgan fingerprint density at radius 2 is 1.96 bits per heavy atom. The second kappa shape index (κ2) is 8.26. The Morgan fingerprint density at radius 1 is 1.30 bits per heavy atom. The largest absolute Gasteiger partial charge is 0.450 e. The number of imide groups is 1. The van der Waals surface area contributed by atoms with Gasteiger partial charge >= 0.3 is 6.09 Å². The lowest BCUT2D eigenvalue weighted by Crippen LogP contribution is -2.42. The molecule has 0 saturated heterocycles. The number of nitrogens with zero attached hydrogens (tertiary/aromatic N) is 2. The van der Waals surface area contributed by atoms with Crippen molar-refractivity contribution in [1.82, 2.24) is 9.62 Å². The van der Waals surface area contributed by atoms with Crippen LogP contribution in [-0.2, 0) is 19.6 Å². The second-order valence-electron chi connectivity index (χ2n) is 4.31. The summed E-state index contributed by atoms with van der Waals surface area (Å²) in [6, 6.07) is 7.50. The van der Waals surface area contributed by atoms with Crippen molar-refractivity contribution in [2.45, 2.75) is 18.7 Å². The van der Waals surface area contributed by atoms with Crippen LogP contribution in [0.1, 0.15) is 19.4 Å². The molecule has 9 heteroatoms. The van der Waals surface area contributed by atoms with E-state index in [1.807, 2.05) is 5.32 Å². The quantitative estimate of drug-likeness (QED) is 0.821. The zero-order valence-corrected chi connectivity index (χ0v) is 13.6. The number of sulfonamides is 1. The first-order chi connectivity index (χ1) is 10.9. The number of rotatable bonds is 6. The predicted octanol–water partition coefficient (Wildman–Crippen LogP) is 0.842. The van der Waals surface area contributed by atoms with E-state index in [1.165, 1.54) is 18.2 Å². The molecule has 8 nitrogen and oxygen atoms in total. The van der Waals surface area contributed by atoms with Gasteiger partial charge in [0.2, 0.25) is 15.9 Å². The van der Waals surface area contributed by atoms with E-state index in [2.05, 4.69) is 4.74 Å². The van der Waals surface area contributed by atoms with E-state index in [1.54, 1.807) is 26.0 Å². The summed E-state index contributed by atoms with van der Waals surface area (Å²) >= 11 is 0. The highest BCUT2D eigenvalue weighted by molar-refractivity contribution is 7.89. The van der Waals surface area contributed by atoms with Crippen LogP contribution in [0.2, 0.25) is 0 Å². The third-order valence-electron chi connectivity index (χ3n) is 2.81. The molecule has 0 saturated carbocycles. The number of hydrogen-bond donors (Lipinski definition) is 1. The third kappa shape index (κ3) is 4.77. The first-order valence-corrected chi connectivity index (χ1v) is 8.26. The van der Waals surface area contributed by atoms with Crippen LogP contribution in [0.3, 0.4) is 0 Å². The van der Waals surface area contributed by atoms with Crippen molar-refractivity contribution in [1.29, 1.82) is 5.26 Å². The summed E-state index contributed by atoms with van der Waals surface area (Å²) in [7, 11) is -4.04. The van der Waals surface area contributed by atoms with Gasteiger partial charge < -0.3 is 4.74 Å². The summed E-state index contributed by atoms with van der Waals surface area (Å²) in [6.07, 6.45) is -0.941. The van der Waals surface area contributed by atoms with Crippen LogP contribution in [0, 0.1) is 11.3 Å². The average molecular weight is 339 g/mol. The van der Waals surface area contributed by atoms with Crippen molar-refractivity contribution < 1.29 is 22.7 Å². The molecule has 0 unspecified atom stereocenters. The molecule has 0 atom stereocenters. The molecule has 1 N–H and O–H groups in total. The number of carbonyl (C=O) groups is 2. The zero-order chi connectivity index (χ0) is 17.5. The SMILES string of the molecule is CCOC(=O)NC(=O)CN(CC)S(=O)(=O)c1ccccc1C#N. The number of alkyl carbamates (subject to hydrolysis) is 1. The molecule has 0 heterocycles. The van der Waals surface area contributed by atoms with E-state index in [-0.39, 0.29) is 23.6 Å². The fraction of sp³-hybridized carbons (Fsp3) is 0.357. The van der Waals surface area contributed by atoms with Crippen molar-refractivity contribution in [3.8, 4) is 6.07 Å². The van der Waals surface area contributed by atoms with E-state index < -0.39 is 28.6 Å². The maximum atomic E-state index is 12.6. The highest BCUT2D eigenvalue weighted by atomic mass is 32.2. The van der Waals surface area contributed by atoms with Gasteiger partial charge in [0.1, 0.15) is 6.07 Å². The van der Waals surface area contributed by atoms with Gasteiger partial charge in [-0.05, 0) is 19.1 Å². The minimum absolute atomic E-state index is 0.00165. The Labute approximate surface area is 134 Å². The van der Waals surface area contributed by atoms with E-state index in [4.69, 9.17) is 5.26 Å². The smallest absolute Gasteiger partial charge is 0.413 e. The minimum atomic E-state index is -4.04.